The van der Waals surface area contributed by atoms with Gasteiger partial charge in [-0.05, 0) is 36.8 Å². The summed E-state index contributed by atoms with van der Waals surface area (Å²) in [6.45, 7) is 1.97. The Bertz CT molecular complexity index is 830. The highest BCUT2D eigenvalue weighted by Crippen LogP contribution is 2.21. The molecule has 2 aromatic carbocycles. The maximum atomic E-state index is 12.5. The van der Waals surface area contributed by atoms with E-state index >= 15 is 0 Å². The smallest absolute Gasteiger partial charge is 0.0706 e. The Morgan fingerprint density at radius 3 is 2.71 bits per heavy atom. The number of para-hydroxylation sites is 1. The fourth-order valence-corrected chi connectivity index (χ4v) is 3.40. The van der Waals surface area contributed by atoms with Crippen molar-refractivity contribution in [2.45, 2.75) is 17.6 Å². The predicted molar refractivity (Wildman–Crippen MR) is 87.4 cm³/mol. The average molecular weight is 296 g/mol. The molecule has 1 aromatic heterocycles. The van der Waals surface area contributed by atoms with Gasteiger partial charge in [-0.2, -0.15) is 0 Å². The number of hydrogen-bond donors (Lipinski definition) is 1. The first-order valence-electron chi connectivity index (χ1n) is 6.72. The Hall–Kier alpha value is -2.20. The van der Waals surface area contributed by atoms with E-state index in [9.17, 15) is 4.21 Å². The van der Waals surface area contributed by atoms with Crippen molar-refractivity contribution in [3.63, 3.8) is 0 Å². The number of rotatable bonds is 3. The number of benzene rings is 2. The van der Waals surface area contributed by atoms with Crippen LogP contribution >= 0.6 is 0 Å². The van der Waals surface area contributed by atoms with Crippen LogP contribution in [0.5, 0.6) is 0 Å². The zero-order chi connectivity index (χ0) is 14.8. The van der Waals surface area contributed by atoms with Crippen molar-refractivity contribution in [1.29, 1.82) is 0 Å². The summed E-state index contributed by atoms with van der Waals surface area (Å²) in [6, 6.07) is 17.4. The summed E-state index contributed by atoms with van der Waals surface area (Å²) in [5.41, 5.74) is 9.33. The molecule has 3 nitrogen and oxygen atoms in total. The van der Waals surface area contributed by atoms with Gasteiger partial charge >= 0.3 is 0 Å². The monoisotopic (exact) mass is 296 g/mol. The quantitative estimate of drug-likeness (QED) is 0.753. The first-order chi connectivity index (χ1) is 10.1. The number of hydrogen-bond acceptors (Lipinski definition) is 3. The minimum absolute atomic E-state index is 0.373. The Balaban J connectivity index is 1.89. The van der Waals surface area contributed by atoms with Gasteiger partial charge < -0.3 is 5.73 Å². The Morgan fingerprint density at radius 2 is 1.90 bits per heavy atom. The van der Waals surface area contributed by atoms with E-state index in [0.29, 0.717) is 16.3 Å². The summed E-state index contributed by atoms with van der Waals surface area (Å²) in [6.07, 6.45) is 0. The fraction of sp³-hybridized carbons (Fsp3) is 0.118. The molecule has 0 aliphatic heterocycles. The van der Waals surface area contributed by atoms with Gasteiger partial charge in [0, 0.05) is 11.1 Å². The SMILES string of the molecule is Cc1ccc(S(=O)Cc2ccc3ccccc3n2)c(N)c1. The maximum absolute atomic E-state index is 12.5. The number of aromatic nitrogens is 1. The van der Waals surface area contributed by atoms with Crippen LogP contribution in [-0.2, 0) is 16.6 Å². The summed E-state index contributed by atoms with van der Waals surface area (Å²) < 4.78 is 12.5. The topological polar surface area (TPSA) is 56.0 Å². The van der Waals surface area contributed by atoms with Crippen molar-refractivity contribution in [2.24, 2.45) is 0 Å². The van der Waals surface area contributed by atoms with Crippen molar-refractivity contribution in [2.75, 3.05) is 5.73 Å². The van der Waals surface area contributed by atoms with Gasteiger partial charge in [0.05, 0.1) is 32.7 Å². The van der Waals surface area contributed by atoms with E-state index in [4.69, 9.17) is 5.73 Å². The number of nitrogen functional groups attached to an aromatic ring is 1. The highest BCUT2D eigenvalue weighted by Gasteiger charge is 2.10. The Morgan fingerprint density at radius 1 is 1.10 bits per heavy atom. The van der Waals surface area contributed by atoms with Crippen LogP contribution in [0.1, 0.15) is 11.3 Å². The van der Waals surface area contributed by atoms with Crippen molar-refractivity contribution in [1.82, 2.24) is 4.98 Å². The fourth-order valence-electron chi connectivity index (χ4n) is 2.28. The number of nitrogens with two attached hydrogens (primary N) is 1. The van der Waals surface area contributed by atoms with E-state index in [1.807, 2.05) is 61.5 Å². The number of aryl methyl sites for hydroxylation is 1. The van der Waals surface area contributed by atoms with Crippen LogP contribution < -0.4 is 5.73 Å². The molecule has 0 saturated carbocycles. The second-order valence-electron chi connectivity index (χ2n) is 5.03. The van der Waals surface area contributed by atoms with Gasteiger partial charge in [0.1, 0.15) is 0 Å². The molecule has 0 radical (unpaired) electrons. The maximum Gasteiger partial charge on any atom is 0.0706 e. The summed E-state index contributed by atoms with van der Waals surface area (Å²) in [5, 5.41) is 1.09. The number of pyridine rings is 1. The van der Waals surface area contributed by atoms with Gasteiger partial charge in [-0.25, -0.2) is 0 Å². The molecule has 3 aromatic rings. The summed E-state index contributed by atoms with van der Waals surface area (Å²) in [7, 11) is -1.18. The highest BCUT2D eigenvalue weighted by atomic mass is 32.2. The van der Waals surface area contributed by atoms with Crippen LogP contribution in [0.3, 0.4) is 0 Å². The number of anilines is 1. The molecule has 0 aliphatic carbocycles. The van der Waals surface area contributed by atoms with E-state index in [2.05, 4.69) is 4.98 Å². The Kier molecular flexibility index (Phi) is 3.71. The van der Waals surface area contributed by atoms with Gasteiger partial charge in [0.25, 0.3) is 0 Å². The van der Waals surface area contributed by atoms with Crippen LogP contribution in [0.4, 0.5) is 5.69 Å². The van der Waals surface area contributed by atoms with Gasteiger partial charge in [0.2, 0.25) is 0 Å². The molecule has 1 heterocycles. The van der Waals surface area contributed by atoms with Crippen LogP contribution in [0, 0.1) is 6.92 Å². The number of nitrogens with zero attached hydrogens (tertiary/aromatic N) is 1. The number of fused-ring (bicyclic) bond motifs is 1. The first kappa shape index (κ1) is 13.8. The molecule has 106 valence electrons. The lowest BCUT2D eigenvalue weighted by Crippen LogP contribution is -2.02. The lowest BCUT2D eigenvalue weighted by Gasteiger charge is -2.07. The normalized spacial score (nSPS) is 12.4. The third kappa shape index (κ3) is 2.95. The average Bonchev–Trinajstić information content (AvgIpc) is 2.47. The molecule has 1 unspecified atom stereocenters. The molecule has 0 bridgehead atoms. The van der Waals surface area contributed by atoms with E-state index in [1.165, 1.54) is 0 Å². The summed E-state index contributed by atoms with van der Waals surface area (Å²) >= 11 is 0. The molecule has 0 amide bonds. The zero-order valence-electron chi connectivity index (χ0n) is 11.7. The standard InChI is InChI=1S/C17H16N2OS/c1-12-6-9-17(15(18)10-12)21(20)11-14-8-7-13-4-2-3-5-16(13)19-14/h2-10H,11,18H2,1H3. The Labute approximate surface area is 126 Å². The van der Waals surface area contributed by atoms with Crippen molar-refractivity contribution >= 4 is 27.4 Å². The second kappa shape index (κ2) is 5.66. The van der Waals surface area contributed by atoms with E-state index < -0.39 is 10.8 Å². The van der Waals surface area contributed by atoms with E-state index in [1.54, 1.807) is 0 Å². The molecular weight excluding hydrogens is 280 g/mol. The molecule has 3 rings (SSSR count). The largest absolute Gasteiger partial charge is 0.398 e. The van der Waals surface area contributed by atoms with Crippen molar-refractivity contribution < 1.29 is 4.21 Å². The molecule has 0 saturated heterocycles. The molecule has 1 atom stereocenters. The molecule has 0 fully saturated rings. The molecule has 0 spiro atoms. The lowest BCUT2D eigenvalue weighted by atomic mass is 10.2. The van der Waals surface area contributed by atoms with Crippen molar-refractivity contribution in [3.8, 4) is 0 Å². The van der Waals surface area contributed by atoms with Gasteiger partial charge in [-0.15, -0.1) is 0 Å². The van der Waals surface area contributed by atoms with E-state index in [0.717, 1.165) is 22.2 Å². The van der Waals surface area contributed by atoms with Crippen LogP contribution in [0.25, 0.3) is 10.9 Å². The molecule has 2 N–H and O–H groups in total. The van der Waals surface area contributed by atoms with Gasteiger partial charge in [-0.3, -0.25) is 9.19 Å². The van der Waals surface area contributed by atoms with Gasteiger partial charge in [0.15, 0.2) is 0 Å². The van der Waals surface area contributed by atoms with Crippen molar-refractivity contribution in [3.05, 3.63) is 65.9 Å². The molecule has 21 heavy (non-hydrogen) atoms. The van der Waals surface area contributed by atoms with Crippen LogP contribution in [0.15, 0.2) is 59.5 Å². The summed E-state index contributed by atoms with van der Waals surface area (Å²) in [5.74, 6) is 0.373. The van der Waals surface area contributed by atoms with E-state index in [-0.39, 0.29) is 0 Å². The minimum Gasteiger partial charge on any atom is -0.398 e. The highest BCUT2D eigenvalue weighted by molar-refractivity contribution is 7.84. The first-order valence-corrected chi connectivity index (χ1v) is 8.04. The van der Waals surface area contributed by atoms with Crippen LogP contribution in [-0.4, -0.2) is 9.19 Å². The molecule has 0 aliphatic rings. The summed E-state index contributed by atoms with van der Waals surface area (Å²) in [4.78, 5) is 5.23. The minimum atomic E-state index is -1.18. The lowest BCUT2D eigenvalue weighted by molar-refractivity contribution is 0.682. The molecular formula is C17H16N2OS. The second-order valence-corrected chi connectivity index (χ2v) is 6.45. The third-order valence-corrected chi connectivity index (χ3v) is 4.77. The van der Waals surface area contributed by atoms with Gasteiger partial charge in [-0.1, -0.05) is 30.3 Å². The third-order valence-electron chi connectivity index (χ3n) is 3.35. The predicted octanol–water partition coefficient (Wildman–Crippen LogP) is 3.43. The molecule has 4 heteroatoms. The zero-order valence-corrected chi connectivity index (χ0v) is 12.6. The van der Waals surface area contributed by atoms with Crippen LogP contribution in [0.2, 0.25) is 0 Å².